The molecule has 1 aromatic rings. The normalized spacial score (nSPS) is 23.4. The average molecular weight is 248 g/mol. The van der Waals surface area contributed by atoms with Gasteiger partial charge < -0.3 is 15.0 Å². The smallest absolute Gasteiger partial charge is 0.218 e. The van der Waals surface area contributed by atoms with Crippen molar-refractivity contribution in [1.29, 1.82) is 0 Å². The minimum Gasteiger partial charge on any atom is -0.481 e. The number of nitrogens with one attached hydrogen (secondary N) is 1. The van der Waals surface area contributed by atoms with Gasteiger partial charge in [-0.15, -0.1) is 0 Å². The summed E-state index contributed by atoms with van der Waals surface area (Å²) in [4.78, 5) is 10.8. The molecule has 1 unspecified atom stereocenters. The summed E-state index contributed by atoms with van der Waals surface area (Å²) in [5.41, 5.74) is 0. The van der Waals surface area contributed by atoms with E-state index >= 15 is 0 Å². The van der Waals surface area contributed by atoms with Crippen LogP contribution in [-0.2, 0) is 0 Å². The molecule has 0 amide bonds. The first kappa shape index (κ1) is 11.7. The molecular weight excluding hydrogens is 228 g/mol. The Morgan fingerprint density at radius 3 is 3.06 bits per heavy atom. The quantitative estimate of drug-likeness (QED) is 0.848. The number of nitrogens with zero attached hydrogens (tertiary/aromatic N) is 3. The first-order valence-electron chi connectivity index (χ1n) is 6.73. The lowest BCUT2D eigenvalue weighted by molar-refractivity contribution is 0.396. The van der Waals surface area contributed by atoms with E-state index in [-0.39, 0.29) is 0 Å². The fourth-order valence-electron chi connectivity index (χ4n) is 2.54. The molecule has 0 radical (unpaired) electrons. The summed E-state index contributed by atoms with van der Waals surface area (Å²) in [6, 6.07) is 3.26. The van der Waals surface area contributed by atoms with Crippen LogP contribution in [-0.4, -0.2) is 42.3 Å². The summed E-state index contributed by atoms with van der Waals surface area (Å²) in [5, 5.41) is 3.61. The second-order valence-electron chi connectivity index (χ2n) is 5.09. The number of hydrogen-bond acceptors (Lipinski definition) is 5. The van der Waals surface area contributed by atoms with Crippen LogP contribution in [0.5, 0.6) is 5.88 Å². The Balaban J connectivity index is 1.67. The first-order chi connectivity index (χ1) is 8.86. The molecule has 0 spiro atoms. The number of aromatic nitrogens is 2. The molecule has 2 fully saturated rings. The van der Waals surface area contributed by atoms with Crippen LogP contribution in [0.4, 0.5) is 5.82 Å². The molecule has 0 aromatic carbocycles. The average Bonchev–Trinajstić information content (AvgIpc) is 3.13. The molecule has 1 aliphatic carbocycles. The molecule has 1 saturated heterocycles. The van der Waals surface area contributed by atoms with E-state index in [0.29, 0.717) is 11.9 Å². The maximum Gasteiger partial charge on any atom is 0.218 e. The highest BCUT2D eigenvalue weighted by atomic mass is 16.5. The fraction of sp³-hybridized carbons (Fsp3) is 0.692. The Labute approximate surface area is 108 Å². The van der Waals surface area contributed by atoms with Gasteiger partial charge in [-0.05, 0) is 25.7 Å². The van der Waals surface area contributed by atoms with Crippen molar-refractivity contribution in [3.05, 3.63) is 12.4 Å². The van der Waals surface area contributed by atoms with Crippen LogP contribution < -0.4 is 15.0 Å². The van der Waals surface area contributed by atoms with Crippen molar-refractivity contribution < 1.29 is 4.74 Å². The van der Waals surface area contributed by atoms with Crippen LogP contribution in [0.15, 0.2) is 12.4 Å². The van der Waals surface area contributed by atoms with Gasteiger partial charge in [-0.25, -0.2) is 9.97 Å². The lowest BCUT2D eigenvalue weighted by Gasteiger charge is -2.26. The van der Waals surface area contributed by atoms with E-state index in [9.17, 15) is 0 Å². The number of anilines is 1. The highest BCUT2D eigenvalue weighted by Gasteiger charge is 2.28. The zero-order valence-corrected chi connectivity index (χ0v) is 10.8. The summed E-state index contributed by atoms with van der Waals surface area (Å²) < 4.78 is 5.16. The summed E-state index contributed by atoms with van der Waals surface area (Å²) in [6.45, 7) is 2.15. The fourth-order valence-corrected chi connectivity index (χ4v) is 2.54. The molecule has 2 aliphatic rings. The highest BCUT2D eigenvalue weighted by molar-refractivity contribution is 5.43. The van der Waals surface area contributed by atoms with Crippen molar-refractivity contribution in [1.82, 2.24) is 15.3 Å². The van der Waals surface area contributed by atoms with Crippen molar-refractivity contribution in [2.24, 2.45) is 0 Å². The number of methoxy groups -OCH3 is 1. The highest BCUT2D eigenvalue weighted by Crippen LogP contribution is 2.26. The Hall–Kier alpha value is -1.36. The van der Waals surface area contributed by atoms with Gasteiger partial charge >= 0.3 is 0 Å². The van der Waals surface area contributed by atoms with E-state index in [2.05, 4.69) is 20.2 Å². The van der Waals surface area contributed by atoms with Crippen LogP contribution >= 0.6 is 0 Å². The molecular formula is C13H20N4O. The van der Waals surface area contributed by atoms with Crippen molar-refractivity contribution in [2.45, 2.75) is 37.8 Å². The second-order valence-corrected chi connectivity index (χ2v) is 5.09. The molecule has 1 N–H and O–H groups in total. The summed E-state index contributed by atoms with van der Waals surface area (Å²) in [6.07, 6.45) is 6.75. The van der Waals surface area contributed by atoms with Gasteiger partial charge in [0.25, 0.3) is 0 Å². The Bertz CT molecular complexity index is 408. The van der Waals surface area contributed by atoms with E-state index in [1.807, 2.05) is 6.07 Å². The second kappa shape index (κ2) is 5.10. The third-order valence-corrected chi connectivity index (χ3v) is 3.73. The molecule has 1 aromatic heterocycles. The van der Waals surface area contributed by atoms with Crippen molar-refractivity contribution in [3.63, 3.8) is 0 Å². The summed E-state index contributed by atoms with van der Waals surface area (Å²) in [5.74, 6) is 1.63. The molecule has 1 atom stereocenters. The predicted molar refractivity (Wildman–Crippen MR) is 70.0 cm³/mol. The third kappa shape index (κ3) is 2.56. The zero-order valence-electron chi connectivity index (χ0n) is 10.8. The van der Waals surface area contributed by atoms with Gasteiger partial charge in [0.2, 0.25) is 5.88 Å². The lowest BCUT2D eigenvalue weighted by Crippen LogP contribution is -2.39. The standard InChI is InChI=1S/C13H20N4O/c1-18-13-7-12(15-9-16-13)17-6-2-3-11(17)8-14-10-4-5-10/h7,9-11,14H,2-6,8H2,1H3. The molecule has 1 saturated carbocycles. The third-order valence-electron chi connectivity index (χ3n) is 3.73. The van der Waals surface area contributed by atoms with Crippen molar-refractivity contribution in [2.75, 3.05) is 25.1 Å². The van der Waals surface area contributed by atoms with Gasteiger partial charge in [-0.3, -0.25) is 0 Å². The number of rotatable bonds is 5. The zero-order chi connectivity index (χ0) is 12.4. The maximum atomic E-state index is 5.16. The predicted octanol–water partition coefficient (Wildman–Crippen LogP) is 1.21. The van der Waals surface area contributed by atoms with E-state index in [1.165, 1.54) is 25.7 Å². The minimum absolute atomic E-state index is 0.560. The van der Waals surface area contributed by atoms with Crippen molar-refractivity contribution in [3.8, 4) is 5.88 Å². The summed E-state index contributed by atoms with van der Waals surface area (Å²) >= 11 is 0. The van der Waals surface area contributed by atoms with E-state index < -0.39 is 0 Å². The van der Waals surface area contributed by atoms with Crippen LogP contribution in [0.2, 0.25) is 0 Å². The lowest BCUT2D eigenvalue weighted by atomic mass is 10.2. The topological polar surface area (TPSA) is 50.3 Å². The Morgan fingerprint density at radius 1 is 1.39 bits per heavy atom. The van der Waals surface area contributed by atoms with E-state index in [1.54, 1.807) is 13.4 Å². The Kier molecular flexibility index (Phi) is 3.32. The molecule has 3 rings (SSSR count). The van der Waals surface area contributed by atoms with Gasteiger partial charge in [-0.1, -0.05) is 0 Å². The molecule has 5 heteroatoms. The van der Waals surface area contributed by atoms with E-state index in [0.717, 1.165) is 24.9 Å². The Morgan fingerprint density at radius 2 is 2.28 bits per heavy atom. The van der Waals surface area contributed by atoms with Crippen LogP contribution in [0.3, 0.4) is 0 Å². The van der Waals surface area contributed by atoms with Crippen LogP contribution in [0, 0.1) is 0 Å². The maximum absolute atomic E-state index is 5.16. The van der Waals surface area contributed by atoms with Crippen LogP contribution in [0.25, 0.3) is 0 Å². The molecule has 18 heavy (non-hydrogen) atoms. The number of hydrogen-bond donors (Lipinski definition) is 1. The largest absolute Gasteiger partial charge is 0.481 e. The molecule has 0 bridgehead atoms. The number of ether oxygens (including phenoxy) is 1. The molecule has 1 aliphatic heterocycles. The SMILES string of the molecule is COc1cc(N2CCCC2CNC2CC2)ncn1. The first-order valence-corrected chi connectivity index (χ1v) is 6.73. The molecule has 5 nitrogen and oxygen atoms in total. The monoisotopic (exact) mass is 248 g/mol. The van der Waals surface area contributed by atoms with Gasteiger partial charge in [0.15, 0.2) is 0 Å². The molecule has 2 heterocycles. The van der Waals surface area contributed by atoms with E-state index in [4.69, 9.17) is 4.74 Å². The minimum atomic E-state index is 0.560. The van der Waals surface area contributed by atoms with Gasteiger partial charge in [0.05, 0.1) is 7.11 Å². The van der Waals surface area contributed by atoms with Crippen LogP contribution in [0.1, 0.15) is 25.7 Å². The van der Waals surface area contributed by atoms with Gasteiger partial charge in [0, 0.05) is 31.2 Å². The van der Waals surface area contributed by atoms with Crippen molar-refractivity contribution >= 4 is 5.82 Å². The van der Waals surface area contributed by atoms with Gasteiger partial charge in [0.1, 0.15) is 12.1 Å². The molecule has 98 valence electrons. The summed E-state index contributed by atoms with van der Waals surface area (Å²) in [7, 11) is 1.64. The van der Waals surface area contributed by atoms with Gasteiger partial charge in [-0.2, -0.15) is 0 Å².